The molecule has 7 heteroatoms. The van der Waals surface area contributed by atoms with Gasteiger partial charge in [0.05, 0.1) is 15.9 Å². The van der Waals surface area contributed by atoms with Crippen LogP contribution in [0.3, 0.4) is 0 Å². The fourth-order valence-electron chi connectivity index (χ4n) is 3.78. The normalized spacial score (nSPS) is 16.2. The molecule has 0 radical (unpaired) electrons. The molecular weight excluding hydrogens is 392 g/mol. The minimum Gasteiger partial charge on any atom is -0.310 e. The maximum atomic E-state index is 12.5. The molecule has 4 aromatic rings. The average molecular weight is 409 g/mol. The molecule has 0 aliphatic carbocycles. The second-order valence-electron chi connectivity index (χ2n) is 7.08. The summed E-state index contributed by atoms with van der Waals surface area (Å²) in [5.74, 6) is 0.640. The van der Waals surface area contributed by atoms with Gasteiger partial charge in [0.25, 0.3) is 0 Å². The zero-order valence-corrected chi connectivity index (χ0v) is 16.9. The molecule has 2 aromatic heterocycles. The second kappa shape index (κ2) is 6.43. The molecule has 28 heavy (non-hydrogen) atoms. The fraction of sp³-hybridized carbons (Fsp3) is 0.190. The Kier molecular flexibility index (Phi) is 4.00. The lowest BCUT2D eigenvalue weighted by molar-refractivity contribution is -0.116. The summed E-state index contributed by atoms with van der Waals surface area (Å²) in [4.78, 5) is 17.2. The number of carbonyl (C=O) groups is 1. The topological polar surface area (TPSA) is 59.8 Å². The smallest absolute Gasteiger partial charge is 0.226 e. The summed E-state index contributed by atoms with van der Waals surface area (Å²) >= 11 is 7.61. The predicted octanol–water partition coefficient (Wildman–Crippen LogP) is 5.23. The van der Waals surface area contributed by atoms with Crippen molar-refractivity contribution in [2.24, 2.45) is 0 Å². The highest BCUT2D eigenvalue weighted by molar-refractivity contribution is 7.20. The summed E-state index contributed by atoms with van der Waals surface area (Å²) < 4.78 is 2.87. The number of hydrogen-bond donors (Lipinski definition) is 1. The van der Waals surface area contributed by atoms with Crippen LogP contribution >= 0.6 is 22.9 Å². The van der Waals surface area contributed by atoms with Gasteiger partial charge >= 0.3 is 0 Å². The third-order valence-corrected chi connectivity index (χ3v) is 6.33. The molecule has 5 nitrogen and oxygen atoms in total. The summed E-state index contributed by atoms with van der Waals surface area (Å²) in [6.07, 6.45) is 0.389. The first-order valence-corrected chi connectivity index (χ1v) is 10.2. The number of aromatic nitrogens is 3. The van der Waals surface area contributed by atoms with Gasteiger partial charge in [-0.05, 0) is 49.2 Å². The van der Waals surface area contributed by atoms with E-state index in [1.165, 1.54) is 5.56 Å². The number of amides is 1. The summed E-state index contributed by atoms with van der Waals surface area (Å²) in [7, 11) is 0. The minimum atomic E-state index is -0.0496. The maximum absolute atomic E-state index is 12.5. The van der Waals surface area contributed by atoms with Crippen LogP contribution in [0.5, 0.6) is 0 Å². The Morgan fingerprint density at radius 3 is 2.75 bits per heavy atom. The Morgan fingerprint density at radius 1 is 1.18 bits per heavy atom. The molecule has 0 bridgehead atoms. The Hall–Kier alpha value is -2.70. The first-order valence-electron chi connectivity index (χ1n) is 9.02. The molecule has 1 aliphatic rings. The number of nitrogens with zero attached hydrogens (tertiary/aromatic N) is 3. The quantitative estimate of drug-likeness (QED) is 0.494. The van der Waals surface area contributed by atoms with Gasteiger partial charge in [-0.15, -0.1) is 0 Å². The highest BCUT2D eigenvalue weighted by Gasteiger charge is 2.33. The maximum Gasteiger partial charge on any atom is 0.226 e. The number of fused-ring (bicyclic) bond motifs is 2. The standard InChI is InChI=1S/C21H17ClN4OS/c1-11-3-8-16-17(9-11)28-21(23-16)26-20-19(12(2)25-26)15(10-18(27)24-20)13-4-6-14(22)7-5-13/h3-9,15H,10H2,1-2H3,(H,24,27). The number of thiazole rings is 1. The van der Waals surface area contributed by atoms with Crippen molar-refractivity contribution in [1.82, 2.24) is 14.8 Å². The molecule has 1 amide bonds. The van der Waals surface area contributed by atoms with Crippen molar-refractivity contribution in [3.05, 3.63) is 69.9 Å². The van der Waals surface area contributed by atoms with E-state index in [9.17, 15) is 4.79 Å². The molecule has 140 valence electrons. The van der Waals surface area contributed by atoms with Crippen LogP contribution in [-0.2, 0) is 4.79 Å². The van der Waals surface area contributed by atoms with Gasteiger partial charge in [-0.25, -0.2) is 4.98 Å². The van der Waals surface area contributed by atoms with Crippen LogP contribution in [0.25, 0.3) is 15.3 Å². The largest absolute Gasteiger partial charge is 0.310 e. The number of carbonyl (C=O) groups excluding carboxylic acids is 1. The first-order chi connectivity index (χ1) is 13.5. The summed E-state index contributed by atoms with van der Waals surface area (Å²) in [5, 5.41) is 9.18. The van der Waals surface area contributed by atoms with E-state index in [0.717, 1.165) is 32.2 Å². The third-order valence-electron chi connectivity index (χ3n) is 5.09. The van der Waals surface area contributed by atoms with Gasteiger partial charge in [-0.2, -0.15) is 9.78 Å². The first kappa shape index (κ1) is 17.4. The van der Waals surface area contributed by atoms with Crippen LogP contribution in [0.4, 0.5) is 5.82 Å². The van der Waals surface area contributed by atoms with Crippen LogP contribution < -0.4 is 5.32 Å². The highest BCUT2D eigenvalue weighted by Crippen LogP contribution is 2.41. The minimum absolute atomic E-state index is 0.0226. The zero-order chi connectivity index (χ0) is 19.4. The molecule has 5 rings (SSSR count). The lowest BCUT2D eigenvalue weighted by Crippen LogP contribution is -2.24. The summed E-state index contributed by atoms with van der Waals surface area (Å²) in [6.45, 7) is 4.04. The van der Waals surface area contributed by atoms with Gasteiger partial charge in [-0.3, -0.25) is 4.79 Å². The Balaban J connectivity index is 1.67. The van der Waals surface area contributed by atoms with E-state index >= 15 is 0 Å². The van der Waals surface area contributed by atoms with Crippen molar-refractivity contribution in [1.29, 1.82) is 0 Å². The van der Waals surface area contributed by atoms with E-state index in [0.29, 0.717) is 17.3 Å². The monoisotopic (exact) mass is 408 g/mol. The molecule has 0 saturated carbocycles. The number of nitrogens with one attached hydrogen (secondary N) is 1. The molecular formula is C21H17ClN4OS. The van der Waals surface area contributed by atoms with Crippen LogP contribution in [0.2, 0.25) is 5.02 Å². The molecule has 1 N–H and O–H groups in total. The van der Waals surface area contributed by atoms with Crippen molar-refractivity contribution < 1.29 is 4.79 Å². The zero-order valence-electron chi connectivity index (χ0n) is 15.4. The molecule has 0 fully saturated rings. The molecule has 0 saturated heterocycles. The third kappa shape index (κ3) is 2.80. The van der Waals surface area contributed by atoms with Crippen LogP contribution in [0.15, 0.2) is 42.5 Å². The van der Waals surface area contributed by atoms with Crippen LogP contribution in [0, 0.1) is 13.8 Å². The van der Waals surface area contributed by atoms with Crippen LogP contribution in [0.1, 0.15) is 34.7 Å². The van der Waals surface area contributed by atoms with Crippen molar-refractivity contribution in [3.63, 3.8) is 0 Å². The Bertz CT molecular complexity index is 1230. The van der Waals surface area contributed by atoms with E-state index in [1.807, 2.05) is 43.3 Å². The van der Waals surface area contributed by atoms with Crippen LogP contribution in [-0.4, -0.2) is 20.7 Å². The number of benzene rings is 2. The second-order valence-corrected chi connectivity index (χ2v) is 8.53. The van der Waals surface area contributed by atoms with Gasteiger partial charge in [-0.1, -0.05) is 41.1 Å². The number of rotatable bonds is 2. The number of halogens is 1. The summed E-state index contributed by atoms with van der Waals surface area (Å²) in [6, 6.07) is 13.9. The average Bonchev–Trinajstić information content (AvgIpc) is 3.22. The van der Waals surface area contributed by atoms with Crippen molar-refractivity contribution in [2.45, 2.75) is 26.2 Å². The lowest BCUT2D eigenvalue weighted by Gasteiger charge is -2.24. The fourth-order valence-corrected chi connectivity index (χ4v) is 4.92. The van der Waals surface area contributed by atoms with Gasteiger partial charge in [0.15, 0.2) is 0 Å². The number of anilines is 1. The SMILES string of the molecule is Cc1ccc2nc(-n3nc(C)c4c3NC(=O)CC4c3ccc(Cl)cc3)sc2c1. The molecule has 1 aliphatic heterocycles. The molecule has 2 aromatic carbocycles. The molecule has 3 heterocycles. The Morgan fingerprint density at radius 2 is 1.96 bits per heavy atom. The van der Waals surface area contributed by atoms with E-state index in [1.54, 1.807) is 16.0 Å². The Labute approximate surface area is 171 Å². The molecule has 1 unspecified atom stereocenters. The van der Waals surface area contributed by atoms with Crippen molar-refractivity contribution in [2.75, 3.05) is 5.32 Å². The predicted molar refractivity (Wildman–Crippen MR) is 113 cm³/mol. The number of hydrogen-bond acceptors (Lipinski definition) is 4. The van der Waals surface area contributed by atoms with E-state index in [2.05, 4.69) is 18.3 Å². The van der Waals surface area contributed by atoms with Gasteiger partial charge in [0.2, 0.25) is 11.0 Å². The van der Waals surface area contributed by atoms with E-state index in [4.69, 9.17) is 21.7 Å². The lowest BCUT2D eigenvalue weighted by atomic mass is 9.86. The van der Waals surface area contributed by atoms with E-state index < -0.39 is 0 Å². The van der Waals surface area contributed by atoms with E-state index in [-0.39, 0.29) is 11.8 Å². The highest BCUT2D eigenvalue weighted by atomic mass is 35.5. The number of aryl methyl sites for hydroxylation is 2. The van der Waals surface area contributed by atoms with Gasteiger partial charge in [0, 0.05) is 22.9 Å². The van der Waals surface area contributed by atoms with Gasteiger partial charge in [0.1, 0.15) is 5.82 Å². The van der Waals surface area contributed by atoms with Crippen molar-refractivity contribution in [3.8, 4) is 5.13 Å². The summed E-state index contributed by atoms with van der Waals surface area (Å²) in [5.41, 5.74) is 5.12. The van der Waals surface area contributed by atoms with Gasteiger partial charge < -0.3 is 5.32 Å². The molecule has 0 spiro atoms. The van der Waals surface area contributed by atoms with Crippen molar-refractivity contribution >= 4 is 44.9 Å². The molecule has 1 atom stereocenters.